The summed E-state index contributed by atoms with van der Waals surface area (Å²) in [6, 6.07) is -0.245. The van der Waals surface area contributed by atoms with E-state index in [9.17, 15) is 9.90 Å². The lowest BCUT2D eigenvalue weighted by molar-refractivity contribution is -0.176. The predicted octanol–water partition coefficient (Wildman–Crippen LogP) is 0.262. The highest BCUT2D eigenvalue weighted by Gasteiger charge is 2.71. The Labute approximate surface area is 114 Å². The van der Waals surface area contributed by atoms with Gasteiger partial charge in [-0.25, -0.2) is 0 Å². The zero-order chi connectivity index (χ0) is 14.4. The van der Waals surface area contributed by atoms with E-state index in [1.165, 1.54) is 0 Å². The molecule has 5 heteroatoms. The fourth-order valence-electron chi connectivity index (χ4n) is 3.56. The van der Waals surface area contributed by atoms with E-state index in [0.717, 1.165) is 6.42 Å². The Balaban J connectivity index is 2.14. The Kier molecular flexibility index (Phi) is 3.66. The van der Waals surface area contributed by atoms with Crippen LogP contribution in [0, 0.1) is 17.3 Å². The number of amides is 1. The quantitative estimate of drug-likeness (QED) is 0.684. The number of rotatable bonds is 4. The predicted molar refractivity (Wildman–Crippen MR) is 72.4 cm³/mol. The zero-order valence-corrected chi connectivity index (χ0v) is 12.3. The number of nitrogens with two attached hydrogens (primary N) is 1. The van der Waals surface area contributed by atoms with E-state index in [0.29, 0.717) is 6.61 Å². The molecule has 19 heavy (non-hydrogen) atoms. The Morgan fingerprint density at radius 2 is 2.16 bits per heavy atom. The van der Waals surface area contributed by atoms with E-state index >= 15 is 0 Å². The fraction of sp³-hybridized carbons (Fsp3) is 0.929. The average molecular weight is 270 g/mol. The van der Waals surface area contributed by atoms with Gasteiger partial charge in [-0.3, -0.25) is 4.79 Å². The van der Waals surface area contributed by atoms with Crippen molar-refractivity contribution in [2.24, 2.45) is 23.0 Å². The van der Waals surface area contributed by atoms with Gasteiger partial charge in [-0.05, 0) is 12.3 Å². The minimum Gasteiger partial charge on any atom is -0.394 e. The molecule has 0 aromatic carbocycles. The number of hydrogen-bond donors (Lipinski definition) is 3. The molecule has 1 amide bonds. The van der Waals surface area contributed by atoms with Crippen LogP contribution < -0.4 is 11.1 Å². The molecule has 4 atom stereocenters. The van der Waals surface area contributed by atoms with E-state index in [1.54, 1.807) is 0 Å². The van der Waals surface area contributed by atoms with Crippen LogP contribution in [0.2, 0.25) is 0 Å². The number of ether oxygens (including phenoxy) is 1. The van der Waals surface area contributed by atoms with Crippen LogP contribution in [0.5, 0.6) is 0 Å². The molecule has 2 rings (SSSR count). The molecule has 5 nitrogen and oxygen atoms in total. The van der Waals surface area contributed by atoms with E-state index in [1.807, 2.05) is 27.7 Å². The van der Waals surface area contributed by atoms with Crippen molar-refractivity contribution < 1.29 is 14.6 Å². The summed E-state index contributed by atoms with van der Waals surface area (Å²) in [5, 5.41) is 12.2. The summed E-state index contributed by atoms with van der Waals surface area (Å²) >= 11 is 0. The summed E-state index contributed by atoms with van der Waals surface area (Å²) in [6.07, 6.45) is 0.915. The number of aliphatic hydroxyl groups excluding tert-OH is 1. The maximum atomic E-state index is 12.6. The van der Waals surface area contributed by atoms with Crippen molar-refractivity contribution in [3.05, 3.63) is 0 Å². The van der Waals surface area contributed by atoms with Gasteiger partial charge in [0, 0.05) is 17.9 Å². The molecule has 4 unspecified atom stereocenters. The molecule has 110 valence electrons. The van der Waals surface area contributed by atoms with E-state index in [4.69, 9.17) is 10.5 Å². The third kappa shape index (κ3) is 1.90. The topological polar surface area (TPSA) is 84.6 Å². The molecule has 1 saturated carbocycles. The van der Waals surface area contributed by atoms with E-state index in [2.05, 4.69) is 5.32 Å². The van der Waals surface area contributed by atoms with Crippen LogP contribution in [0.4, 0.5) is 0 Å². The van der Waals surface area contributed by atoms with Gasteiger partial charge >= 0.3 is 0 Å². The van der Waals surface area contributed by atoms with Gasteiger partial charge in [0.15, 0.2) is 0 Å². The second kappa shape index (κ2) is 4.72. The summed E-state index contributed by atoms with van der Waals surface area (Å²) in [4.78, 5) is 12.6. The monoisotopic (exact) mass is 270 g/mol. The molecule has 0 aromatic heterocycles. The average Bonchev–Trinajstić information content (AvgIpc) is 2.81. The highest BCUT2D eigenvalue weighted by atomic mass is 16.5. The lowest BCUT2D eigenvalue weighted by Crippen LogP contribution is -2.80. The van der Waals surface area contributed by atoms with Gasteiger partial charge in [-0.1, -0.05) is 27.7 Å². The van der Waals surface area contributed by atoms with Gasteiger partial charge in [-0.2, -0.15) is 0 Å². The van der Waals surface area contributed by atoms with E-state index in [-0.39, 0.29) is 41.9 Å². The van der Waals surface area contributed by atoms with E-state index < -0.39 is 5.54 Å². The van der Waals surface area contributed by atoms with Crippen molar-refractivity contribution in [1.29, 1.82) is 0 Å². The first-order valence-corrected chi connectivity index (χ1v) is 7.09. The molecular formula is C14H26N2O3. The molecular weight excluding hydrogens is 244 g/mol. The Bertz CT molecular complexity index is 370. The van der Waals surface area contributed by atoms with Crippen molar-refractivity contribution in [3.8, 4) is 0 Å². The minimum atomic E-state index is -0.892. The third-order valence-corrected chi connectivity index (χ3v) is 5.15. The second-order valence-corrected chi connectivity index (χ2v) is 6.78. The summed E-state index contributed by atoms with van der Waals surface area (Å²) in [6.45, 7) is 8.53. The Morgan fingerprint density at radius 1 is 1.53 bits per heavy atom. The maximum absolute atomic E-state index is 12.6. The molecule has 2 aliphatic rings. The molecule has 1 heterocycles. The molecule has 0 bridgehead atoms. The molecule has 1 saturated heterocycles. The first-order chi connectivity index (χ1) is 8.76. The number of aliphatic hydroxyl groups is 1. The van der Waals surface area contributed by atoms with Crippen LogP contribution >= 0.6 is 0 Å². The zero-order valence-electron chi connectivity index (χ0n) is 12.3. The first-order valence-electron chi connectivity index (χ1n) is 7.09. The standard InChI is InChI=1S/C14H26N2O3/c1-8(2)10(7-17)16-12(18)14(15)9-5-6-19-11(9)13(14,3)4/h8-11,17H,5-7,15H2,1-4H3,(H,16,18). The van der Waals surface area contributed by atoms with Crippen molar-refractivity contribution >= 4 is 5.91 Å². The second-order valence-electron chi connectivity index (χ2n) is 6.78. The summed E-state index contributed by atoms with van der Waals surface area (Å²) < 4.78 is 5.68. The molecule has 0 aromatic rings. The molecule has 2 fully saturated rings. The van der Waals surface area contributed by atoms with Crippen LogP contribution in [-0.2, 0) is 9.53 Å². The van der Waals surface area contributed by atoms with Crippen molar-refractivity contribution in [2.45, 2.75) is 51.8 Å². The van der Waals surface area contributed by atoms with Crippen molar-refractivity contribution in [1.82, 2.24) is 5.32 Å². The van der Waals surface area contributed by atoms with Crippen LogP contribution in [-0.4, -0.2) is 41.9 Å². The van der Waals surface area contributed by atoms with Crippen LogP contribution in [0.25, 0.3) is 0 Å². The number of carbonyl (C=O) groups is 1. The van der Waals surface area contributed by atoms with Gasteiger partial charge in [0.05, 0.1) is 18.8 Å². The fourth-order valence-corrected chi connectivity index (χ4v) is 3.56. The lowest BCUT2D eigenvalue weighted by Gasteiger charge is -2.60. The van der Waals surface area contributed by atoms with Crippen molar-refractivity contribution in [2.75, 3.05) is 13.2 Å². The molecule has 0 spiro atoms. The van der Waals surface area contributed by atoms with Gasteiger partial charge in [0.25, 0.3) is 0 Å². The summed E-state index contributed by atoms with van der Waals surface area (Å²) in [5.41, 5.74) is 5.18. The molecule has 4 N–H and O–H groups in total. The number of nitrogens with one attached hydrogen (secondary N) is 1. The SMILES string of the molecule is CC(C)C(CO)NC(=O)C1(N)C2CCOC2C1(C)C. The lowest BCUT2D eigenvalue weighted by atomic mass is 9.48. The van der Waals surface area contributed by atoms with Crippen LogP contribution in [0.3, 0.4) is 0 Å². The molecule has 1 aliphatic heterocycles. The number of carbonyl (C=O) groups excluding carboxylic acids is 1. The minimum absolute atomic E-state index is 0.0650. The summed E-state index contributed by atoms with van der Waals surface area (Å²) in [7, 11) is 0. The Morgan fingerprint density at radius 3 is 2.68 bits per heavy atom. The summed E-state index contributed by atoms with van der Waals surface area (Å²) in [5.74, 6) is 0.113. The highest BCUT2D eigenvalue weighted by Crippen LogP contribution is 2.58. The number of hydrogen-bond acceptors (Lipinski definition) is 4. The highest BCUT2D eigenvalue weighted by molar-refractivity contribution is 5.89. The van der Waals surface area contributed by atoms with Crippen LogP contribution in [0.1, 0.15) is 34.1 Å². The van der Waals surface area contributed by atoms with Gasteiger partial charge in [-0.15, -0.1) is 0 Å². The normalized spacial score (nSPS) is 37.6. The maximum Gasteiger partial charge on any atom is 0.241 e. The third-order valence-electron chi connectivity index (χ3n) is 5.15. The van der Waals surface area contributed by atoms with Gasteiger partial charge < -0.3 is 20.9 Å². The number of fused-ring (bicyclic) bond motifs is 1. The largest absolute Gasteiger partial charge is 0.394 e. The van der Waals surface area contributed by atoms with Crippen molar-refractivity contribution in [3.63, 3.8) is 0 Å². The molecule has 1 aliphatic carbocycles. The van der Waals surface area contributed by atoms with Gasteiger partial charge in [0.1, 0.15) is 5.54 Å². The Hall–Kier alpha value is -0.650. The van der Waals surface area contributed by atoms with Gasteiger partial charge in [0.2, 0.25) is 5.91 Å². The first kappa shape index (κ1) is 14.8. The molecule has 0 radical (unpaired) electrons. The van der Waals surface area contributed by atoms with Crippen LogP contribution in [0.15, 0.2) is 0 Å². The smallest absolute Gasteiger partial charge is 0.241 e.